The Morgan fingerprint density at radius 1 is 1.35 bits per heavy atom. The number of nitrogens with two attached hydrogens (primary N) is 1. The molecule has 3 unspecified atom stereocenters. The van der Waals surface area contributed by atoms with E-state index in [0.717, 1.165) is 6.42 Å². The van der Waals surface area contributed by atoms with Gasteiger partial charge in [0.25, 0.3) is 0 Å². The molecule has 0 spiro atoms. The summed E-state index contributed by atoms with van der Waals surface area (Å²) in [4.78, 5) is 25.2. The Morgan fingerprint density at radius 3 is 2.41 bits per heavy atom. The molecule has 3 atom stereocenters. The van der Waals surface area contributed by atoms with E-state index < -0.39 is 0 Å². The molecule has 2 fully saturated rings. The lowest BCUT2D eigenvalue weighted by Crippen LogP contribution is -2.68. The van der Waals surface area contributed by atoms with Crippen molar-refractivity contribution < 1.29 is 14.3 Å². The van der Waals surface area contributed by atoms with Gasteiger partial charge >= 0.3 is 0 Å². The van der Waals surface area contributed by atoms with Crippen LogP contribution in [0.2, 0.25) is 0 Å². The molecule has 0 radical (unpaired) electrons. The van der Waals surface area contributed by atoms with Crippen LogP contribution in [-0.4, -0.2) is 41.5 Å². The molecule has 1 aliphatic heterocycles. The quantitative estimate of drug-likeness (QED) is 0.719. The molecule has 17 heavy (non-hydrogen) atoms. The zero-order chi connectivity index (χ0) is 12.6. The van der Waals surface area contributed by atoms with Gasteiger partial charge in [0.05, 0.1) is 12.1 Å². The maximum Gasteiger partial charge on any atom is 0.229 e. The van der Waals surface area contributed by atoms with E-state index in [0.29, 0.717) is 19.4 Å². The zero-order valence-electron chi connectivity index (χ0n) is 10.4. The number of carbonyl (C=O) groups is 2. The predicted octanol–water partition coefficient (Wildman–Crippen LogP) is 0.276. The summed E-state index contributed by atoms with van der Waals surface area (Å²) in [6, 6.07) is -0.379. The van der Waals surface area contributed by atoms with Crippen LogP contribution in [0.1, 0.15) is 33.1 Å². The van der Waals surface area contributed by atoms with Gasteiger partial charge in [0.1, 0.15) is 0 Å². The minimum atomic E-state index is -0.248. The summed E-state index contributed by atoms with van der Waals surface area (Å²) in [7, 11) is 0. The van der Waals surface area contributed by atoms with E-state index in [2.05, 4.69) is 0 Å². The predicted molar refractivity (Wildman–Crippen MR) is 62.0 cm³/mol. The molecular weight excluding hydrogens is 220 g/mol. The van der Waals surface area contributed by atoms with Gasteiger partial charge in [0.2, 0.25) is 11.8 Å². The zero-order valence-corrected chi connectivity index (χ0v) is 10.4. The maximum absolute atomic E-state index is 11.9. The molecule has 5 nitrogen and oxygen atoms in total. The van der Waals surface area contributed by atoms with Crippen molar-refractivity contribution in [3.05, 3.63) is 0 Å². The van der Waals surface area contributed by atoms with Gasteiger partial charge in [-0.05, 0) is 19.3 Å². The van der Waals surface area contributed by atoms with Gasteiger partial charge in [-0.1, -0.05) is 6.92 Å². The highest BCUT2D eigenvalue weighted by atomic mass is 16.5. The smallest absolute Gasteiger partial charge is 0.229 e. The first-order valence-corrected chi connectivity index (χ1v) is 6.26. The Morgan fingerprint density at radius 2 is 1.94 bits per heavy atom. The van der Waals surface area contributed by atoms with Crippen LogP contribution < -0.4 is 5.73 Å². The van der Waals surface area contributed by atoms with Crippen LogP contribution in [0, 0.1) is 5.92 Å². The Labute approximate surface area is 101 Å². The number of piperidine rings is 1. The second kappa shape index (κ2) is 4.74. The van der Waals surface area contributed by atoms with E-state index in [1.165, 1.54) is 4.90 Å². The maximum atomic E-state index is 11.9. The van der Waals surface area contributed by atoms with E-state index in [4.69, 9.17) is 10.5 Å². The number of likely N-dealkylation sites (tertiary alicyclic amines) is 1. The summed E-state index contributed by atoms with van der Waals surface area (Å²) in [5.41, 5.74) is 5.91. The number of ether oxygens (including phenoxy) is 1. The summed E-state index contributed by atoms with van der Waals surface area (Å²) >= 11 is 0. The van der Waals surface area contributed by atoms with E-state index in [9.17, 15) is 9.59 Å². The van der Waals surface area contributed by atoms with Gasteiger partial charge in [-0.25, -0.2) is 0 Å². The van der Waals surface area contributed by atoms with Crippen molar-refractivity contribution in [2.45, 2.75) is 51.3 Å². The van der Waals surface area contributed by atoms with Crippen LogP contribution in [0.4, 0.5) is 0 Å². The highest BCUT2D eigenvalue weighted by Gasteiger charge is 2.48. The normalized spacial score (nSPS) is 35.0. The molecule has 2 rings (SSSR count). The molecule has 1 heterocycles. The Bertz CT molecular complexity index is 312. The molecule has 2 amide bonds. The highest BCUT2D eigenvalue weighted by molar-refractivity contribution is 5.98. The monoisotopic (exact) mass is 240 g/mol. The van der Waals surface area contributed by atoms with Gasteiger partial charge < -0.3 is 10.5 Å². The van der Waals surface area contributed by atoms with Gasteiger partial charge in [-0.15, -0.1) is 0 Å². The van der Waals surface area contributed by atoms with Crippen LogP contribution in [-0.2, 0) is 14.3 Å². The van der Waals surface area contributed by atoms with E-state index in [1.54, 1.807) is 0 Å². The lowest BCUT2D eigenvalue weighted by atomic mass is 9.80. The van der Waals surface area contributed by atoms with Gasteiger partial charge in [-0.3, -0.25) is 14.5 Å². The van der Waals surface area contributed by atoms with Gasteiger partial charge in [0.15, 0.2) is 0 Å². The largest absolute Gasteiger partial charge is 0.376 e. The highest BCUT2D eigenvalue weighted by Crippen LogP contribution is 2.32. The number of imide groups is 1. The summed E-state index contributed by atoms with van der Waals surface area (Å²) in [6.45, 7) is 4.41. The number of carbonyl (C=O) groups excluding carboxylic acids is 2. The van der Waals surface area contributed by atoms with Crippen LogP contribution in [0.5, 0.6) is 0 Å². The minimum Gasteiger partial charge on any atom is -0.376 e. The van der Waals surface area contributed by atoms with Gasteiger partial charge in [-0.2, -0.15) is 0 Å². The molecule has 0 aromatic carbocycles. The lowest BCUT2D eigenvalue weighted by molar-refractivity contribution is -0.164. The Balaban J connectivity index is 2.09. The van der Waals surface area contributed by atoms with Gasteiger partial charge in [0, 0.05) is 25.5 Å². The average Bonchev–Trinajstić information content (AvgIpc) is 2.22. The molecule has 1 saturated heterocycles. The van der Waals surface area contributed by atoms with Crippen molar-refractivity contribution in [2.75, 3.05) is 6.61 Å². The lowest BCUT2D eigenvalue weighted by Gasteiger charge is -2.48. The standard InChI is InChI=1S/C12H20N2O3/c1-3-17-9-6-8(13)12(9)14-10(15)4-7(2)5-11(14)16/h7-9,12H,3-6,13H2,1-2H3. The average molecular weight is 240 g/mol. The van der Waals surface area contributed by atoms with Crippen molar-refractivity contribution in [2.24, 2.45) is 11.7 Å². The third kappa shape index (κ3) is 2.21. The molecule has 2 N–H and O–H groups in total. The number of rotatable bonds is 3. The van der Waals surface area contributed by atoms with Crippen LogP contribution in [0.25, 0.3) is 0 Å². The second-order valence-corrected chi connectivity index (χ2v) is 5.05. The molecular formula is C12H20N2O3. The molecule has 1 saturated carbocycles. The van der Waals surface area contributed by atoms with E-state index >= 15 is 0 Å². The first-order chi connectivity index (χ1) is 8.04. The summed E-state index contributed by atoms with van der Waals surface area (Å²) in [5.74, 6) is -0.0506. The van der Waals surface area contributed by atoms with E-state index in [1.807, 2.05) is 13.8 Å². The molecule has 5 heteroatoms. The summed E-state index contributed by atoms with van der Waals surface area (Å²) < 4.78 is 5.51. The number of nitrogens with zero attached hydrogens (tertiary/aromatic N) is 1. The third-order valence-corrected chi connectivity index (χ3v) is 3.59. The van der Waals surface area contributed by atoms with E-state index in [-0.39, 0.29) is 35.9 Å². The fourth-order valence-electron chi connectivity index (χ4n) is 2.70. The fraction of sp³-hybridized carbons (Fsp3) is 0.833. The molecule has 96 valence electrons. The first kappa shape index (κ1) is 12.5. The Hall–Kier alpha value is -0.940. The van der Waals surface area contributed by atoms with Crippen molar-refractivity contribution >= 4 is 11.8 Å². The van der Waals surface area contributed by atoms with Crippen molar-refractivity contribution in [3.63, 3.8) is 0 Å². The van der Waals surface area contributed by atoms with Crippen LogP contribution in [0.15, 0.2) is 0 Å². The third-order valence-electron chi connectivity index (χ3n) is 3.59. The first-order valence-electron chi connectivity index (χ1n) is 6.26. The van der Waals surface area contributed by atoms with Crippen molar-refractivity contribution in [1.29, 1.82) is 0 Å². The van der Waals surface area contributed by atoms with Crippen molar-refractivity contribution in [3.8, 4) is 0 Å². The molecule has 1 aliphatic carbocycles. The fourth-order valence-corrected chi connectivity index (χ4v) is 2.70. The molecule has 0 aromatic rings. The SMILES string of the molecule is CCOC1CC(N)C1N1C(=O)CC(C)CC1=O. The topological polar surface area (TPSA) is 72.6 Å². The van der Waals surface area contributed by atoms with Crippen LogP contribution in [0.3, 0.4) is 0 Å². The number of hydrogen-bond acceptors (Lipinski definition) is 4. The number of hydrogen-bond donors (Lipinski definition) is 1. The summed E-state index contributed by atoms with van der Waals surface area (Å²) in [6.07, 6.45) is 1.53. The van der Waals surface area contributed by atoms with Crippen molar-refractivity contribution in [1.82, 2.24) is 4.90 Å². The molecule has 0 aromatic heterocycles. The minimum absolute atomic E-state index is 0.0729. The summed E-state index contributed by atoms with van der Waals surface area (Å²) in [5, 5.41) is 0. The number of amides is 2. The molecule has 2 aliphatic rings. The second-order valence-electron chi connectivity index (χ2n) is 5.05. The Kier molecular flexibility index (Phi) is 3.49. The molecule has 0 bridgehead atoms. The van der Waals surface area contributed by atoms with Crippen LogP contribution >= 0.6 is 0 Å².